The third kappa shape index (κ3) is 4.64. The molecule has 2 heterocycles. The number of hydrogen-bond acceptors (Lipinski definition) is 5. The highest BCUT2D eigenvalue weighted by atomic mass is 19.4. The molecule has 0 saturated carbocycles. The molecule has 0 saturated heterocycles. The molecule has 0 radical (unpaired) electrons. The van der Waals surface area contributed by atoms with Crippen molar-refractivity contribution in [3.05, 3.63) is 71.9 Å². The Balaban J connectivity index is 1.77. The molecule has 0 unspecified atom stereocenters. The van der Waals surface area contributed by atoms with Crippen LogP contribution in [0.5, 0.6) is 6.01 Å². The number of alkyl halides is 3. The van der Waals surface area contributed by atoms with Crippen LogP contribution in [-0.4, -0.2) is 21.1 Å². The molecule has 1 N–H and O–H groups in total. The van der Waals surface area contributed by atoms with Crippen LogP contribution < -0.4 is 10.1 Å². The second-order valence-electron chi connectivity index (χ2n) is 7.62. The van der Waals surface area contributed by atoms with E-state index >= 15 is 0 Å². The van der Waals surface area contributed by atoms with Crippen LogP contribution in [0.25, 0.3) is 22.2 Å². The van der Waals surface area contributed by atoms with Crippen LogP contribution >= 0.6 is 0 Å². The third-order valence-corrected chi connectivity index (χ3v) is 4.78. The van der Waals surface area contributed by atoms with Crippen LogP contribution in [-0.2, 0) is 6.18 Å². The Hall–Kier alpha value is -3.68. The molecule has 8 heteroatoms. The number of fused-ring (bicyclic) bond motifs is 1. The summed E-state index contributed by atoms with van der Waals surface area (Å²) in [4.78, 5) is 13.4. The van der Waals surface area contributed by atoms with Gasteiger partial charge < -0.3 is 10.1 Å². The number of aromatic nitrogens is 3. The van der Waals surface area contributed by atoms with E-state index in [1.807, 2.05) is 51.1 Å². The summed E-state index contributed by atoms with van der Waals surface area (Å²) in [6.07, 6.45) is -2.80. The van der Waals surface area contributed by atoms with E-state index in [9.17, 15) is 13.2 Å². The highest BCUT2D eigenvalue weighted by Gasteiger charge is 2.30. The Morgan fingerprint density at radius 1 is 0.969 bits per heavy atom. The lowest BCUT2D eigenvalue weighted by Gasteiger charge is -2.14. The average molecular weight is 438 g/mol. The Labute approximate surface area is 183 Å². The molecular weight excluding hydrogens is 417 g/mol. The third-order valence-electron chi connectivity index (χ3n) is 4.78. The predicted molar refractivity (Wildman–Crippen MR) is 118 cm³/mol. The Kier molecular flexibility index (Phi) is 5.69. The Morgan fingerprint density at radius 3 is 2.38 bits per heavy atom. The van der Waals surface area contributed by atoms with Gasteiger partial charge in [0.2, 0.25) is 0 Å². The van der Waals surface area contributed by atoms with E-state index < -0.39 is 11.7 Å². The lowest BCUT2D eigenvalue weighted by Crippen LogP contribution is -2.10. The standard InChI is InChI=1S/C24H21F3N4O/c1-14(2)32-23-30-20-13-16(21-15(3)5-4-12-28-21)6-11-19(20)22(31-23)29-18-9-7-17(8-10-18)24(25,26)27/h4-14H,1-3H3,(H,29,30,31). The largest absolute Gasteiger partial charge is 0.461 e. The Bertz CT molecular complexity index is 1250. The molecular formula is C24H21F3N4O. The quantitative estimate of drug-likeness (QED) is 0.383. The van der Waals surface area contributed by atoms with Gasteiger partial charge in [0.15, 0.2) is 0 Å². The van der Waals surface area contributed by atoms with Gasteiger partial charge in [0.1, 0.15) is 5.82 Å². The van der Waals surface area contributed by atoms with Gasteiger partial charge in [-0.15, -0.1) is 0 Å². The highest BCUT2D eigenvalue weighted by molar-refractivity contribution is 5.93. The minimum Gasteiger partial charge on any atom is -0.461 e. The predicted octanol–water partition coefficient (Wildman–Crippen LogP) is 6.55. The zero-order valence-corrected chi connectivity index (χ0v) is 17.7. The van der Waals surface area contributed by atoms with Gasteiger partial charge in [0.25, 0.3) is 0 Å². The first kappa shape index (κ1) is 21.5. The summed E-state index contributed by atoms with van der Waals surface area (Å²) in [5.41, 5.74) is 3.16. The van der Waals surface area contributed by atoms with Crippen molar-refractivity contribution >= 4 is 22.4 Å². The SMILES string of the molecule is Cc1cccnc1-c1ccc2c(Nc3ccc(C(F)(F)F)cc3)nc(OC(C)C)nc2c1. The van der Waals surface area contributed by atoms with Crippen molar-refractivity contribution in [3.8, 4) is 17.3 Å². The summed E-state index contributed by atoms with van der Waals surface area (Å²) in [5.74, 6) is 0.440. The van der Waals surface area contributed by atoms with Gasteiger partial charge in [-0.3, -0.25) is 4.98 Å². The van der Waals surface area contributed by atoms with Crippen molar-refractivity contribution in [1.29, 1.82) is 0 Å². The molecule has 5 nitrogen and oxygen atoms in total. The zero-order chi connectivity index (χ0) is 22.9. The van der Waals surface area contributed by atoms with E-state index in [1.165, 1.54) is 12.1 Å². The fraction of sp³-hybridized carbons (Fsp3) is 0.208. The van der Waals surface area contributed by atoms with E-state index in [2.05, 4.69) is 20.3 Å². The summed E-state index contributed by atoms with van der Waals surface area (Å²) in [5, 5.41) is 3.80. The van der Waals surface area contributed by atoms with E-state index in [4.69, 9.17) is 4.74 Å². The second kappa shape index (κ2) is 8.45. The summed E-state index contributed by atoms with van der Waals surface area (Å²) in [6, 6.07) is 14.5. The average Bonchev–Trinajstić information content (AvgIpc) is 2.73. The molecule has 0 atom stereocenters. The number of anilines is 2. The minimum absolute atomic E-state index is 0.146. The van der Waals surface area contributed by atoms with E-state index in [1.54, 1.807) is 6.20 Å². The van der Waals surface area contributed by atoms with Crippen molar-refractivity contribution < 1.29 is 17.9 Å². The Morgan fingerprint density at radius 2 is 1.72 bits per heavy atom. The maximum Gasteiger partial charge on any atom is 0.416 e. The molecule has 32 heavy (non-hydrogen) atoms. The number of rotatable bonds is 5. The van der Waals surface area contributed by atoms with E-state index in [0.29, 0.717) is 22.4 Å². The normalized spacial score (nSPS) is 11.7. The molecule has 164 valence electrons. The number of nitrogens with one attached hydrogen (secondary N) is 1. The van der Waals surface area contributed by atoms with Crippen molar-refractivity contribution in [2.75, 3.05) is 5.32 Å². The molecule has 0 aliphatic rings. The minimum atomic E-state index is -4.39. The molecule has 0 bridgehead atoms. The fourth-order valence-corrected chi connectivity index (χ4v) is 3.28. The van der Waals surface area contributed by atoms with Crippen molar-refractivity contribution in [2.45, 2.75) is 33.1 Å². The molecule has 2 aromatic carbocycles. The van der Waals surface area contributed by atoms with Crippen LogP contribution in [0.1, 0.15) is 25.0 Å². The van der Waals surface area contributed by atoms with Gasteiger partial charge in [-0.2, -0.15) is 23.1 Å². The van der Waals surface area contributed by atoms with Crippen LogP contribution in [0.4, 0.5) is 24.7 Å². The molecule has 0 amide bonds. The summed E-state index contributed by atoms with van der Waals surface area (Å²) < 4.78 is 44.3. The molecule has 4 aromatic rings. The number of halogens is 3. The van der Waals surface area contributed by atoms with Gasteiger partial charge in [0, 0.05) is 22.8 Å². The van der Waals surface area contributed by atoms with Crippen LogP contribution in [0.3, 0.4) is 0 Å². The smallest absolute Gasteiger partial charge is 0.416 e. The molecule has 0 fully saturated rings. The first-order valence-electron chi connectivity index (χ1n) is 10.1. The van der Waals surface area contributed by atoms with Crippen molar-refractivity contribution in [2.24, 2.45) is 0 Å². The number of aryl methyl sites for hydroxylation is 1. The number of hydrogen-bond donors (Lipinski definition) is 1. The number of pyridine rings is 1. The number of ether oxygens (including phenoxy) is 1. The van der Waals surface area contributed by atoms with E-state index in [-0.39, 0.29) is 12.1 Å². The van der Waals surface area contributed by atoms with Crippen molar-refractivity contribution in [1.82, 2.24) is 15.0 Å². The monoisotopic (exact) mass is 438 g/mol. The summed E-state index contributed by atoms with van der Waals surface area (Å²) in [6.45, 7) is 5.71. The first-order valence-corrected chi connectivity index (χ1v) is 10.1. The maximum atomic E-state index is 12.9. The number of benzene rings is 2. The van der Waals surface area contributed by atoms with Crippen LogP contribution in [0, 0.1) is 6.92 Å². The van der Waals surface area contributed by atoms with Crippen LogP contribution in [0.2, 0.25) is 0 Å². The second-order valence-corrected chi connectivity index (χ2v) is 7.62. The van der Waals surface area contributed by atoms with Gasteiger partial charge >= 0.3 is 12.2 Å². The molecule has 4 rings (SSSR count). The van der Waals surface area contributed by atoms with Crippen molar-refractivity contribution in [3.63, 3.8) is 0 Å². The zero-order valence-electron chi connectivity index (χ0n) is 17.7. The summed E-state index contributed by atoms with van der Waals surface area (Å²) in [7, 11) is 0. The summed E-state index contributed by atoms with van der Waals surface area (Å²) >= 11 is 0. The topological polar surface area (TPSA) is 59.9 Å². The van der Waals surface area contributed by atoms with E-state index in [0.717, 1.165) is 29.0 Å². The van der Waals surface area contributed by atoms with Gasteiger partial charge in [0.05, 0.1) is 22.9 Å². The maximum absolute atomic E-state index is 12.9. The lowest BCUT2D eigenvalue weighted by molar-refractivity contribution is -0.137. The van der Waals surface area contributed by atoms with Gasteiger partial charge in [-0.05, 0) is 68.8 Å². The fourth-order valence-electron chi connectivity index (χ4n) is 3.28. The molecule has 0 spiro atoms. The highest BCUT2D eigenvalue weighted by Crippen LogP contribution is 2.33. The van der Waals surface area contributed by atoms with Gasteiger partial charge in [-0.1, -0.05) is 12.1 Å². The molecule has 0 aliphatic heterocycles. The lowest BCUT2D eigenvalue weighted by atomic mass is 10.0. The number of nitrogens with zero attached hydrogens (tertiary/aromatic N) is 3. The molecule has 0 aliphatic carbocycles. The first-order chi connectivity index (χ1) is 15.2. The van der Waals surface area contributed by atoms with Crippen LogP contribution in [0.15, 0.2) is 60.8 Å². The molecule has 2 aromatic heterocycles. The van der Waals surface area contributed by atoms with Gasteiger partial charge in [-0.25, -0.2) is 0 Å².